The van der Waals surface area contributed by atoms with E-state index in [2.05, 4.69) is 15.0 Å². The maximum Gasteiger partial charge on any atom is 0.233 e. The molecule has 20 heavy (non-hydrogen) atoms. The minimum Gasteiger partial charge on any atom is -0.404 e. The molecule has 6 nitrogen and oxygen atoms in total. The summed E-state index contributed by atoms with van der Waals surface area (Å²) in [7, 11) is 1.86. The van der Waals surface area contributed by atoms with E-state index in [1.165, 1.54) is 12.5 Å². The first-order chi connectivity index (χ1) is 9.76. The predicted octanol–water partition coefficient (Wildman–Crippen LogP) is 1.53. The fourth-order valence-electron chi connectivity index (χ4n) is 1.69. The molecule has 0 aliphatic heterocycles. The Hall–Kier alpha value is -2.76. The first-order valence-corrected chi connectivity index (χ1v) is 6.09. The van der Waals surface area contributed by atoms with Crippen molar-refractivity contribution in [3.63, 3.8) is 0 Å². The van der Waals surface area contributed by atoms with E-state index in [-0.39, 0.29) is 6.42 Å². The highest BCUT2D eigenvalue weighted by atomic mass is 16.1. The number of para-hydroxylation sites is 1. The van der Waals surface area contributed by atoms with Crippen LogP contribution < -0.4 is 10.6 Å². The normalized spacial score (nSPS) is 11.2. The van der Waals surface area contributed by atoms with Crippen LogP contribution in [0, 0.1) is 0 Å². The molecule has 0 saturated carbocycles. The molecule has 6 heteroatoms. The van der Waals surface area contributed by atoms with Crippen LogP contribution in [0.5, 0.6) is 0 Å². The van der Waals surface area contributed by atoms with Crippen molar-refractivity contribution >= 4 is 23.5 Å². The molecule has 0 spiro atoms. The summed E-state index contributed by atoms with van der Waals surface area (Å²) in [6, 6.07) is 9.72. The third-order valence-electron chi connectivity index (χ3n) is 2.79. The second-order valence-electron chi connectivity index (χ2n) is 4.07. The van der Waals surface area contributed by atoms with Gasteiger partial charge in [-0.25, -0.2) is 9.97 Å². The van der Waals surface area contributed by atoms with E-state index in [9.17, 15) is 4.79 Å². The van der Waals surface area contributed by atoms with Gasteiger partial charge in [0, 0.05) is 30.9 Å². The fraction of sp³-hybridized carbons (Fsp3) is 0.143. The maximum atomic E-state index is 10.6. The summed E-state index contributed by atoms with van der Waals surface area (Å²) in [6.07, 6.45) is 3.69. The monoisotopic (exact) mass is 269 g/mol. The van der Waals surface area contributed by atoms with Crippen LogP contribution in [0.2, 0.25) is 0 Å². The third-order valence-corrected chi connectivity index (χ3v) is 2.79. The van der Waals surface area contributed by atoms with Crippen molar-refractivity contribution in [2.45, 2.75) is 6.42 Å². The zero-order valence-corrected chi connectivity index (χ0v) is 11.1. The fourth-order valence-corrected chi connectivity index (χ4v) is 1.69. The van der Waals surface area contributed by atoms with E-state index in [1.54, 1.807) is 0 Å². The van der Waals surface area contributed by atoms with Crippen molar-refractivity contribution in [2.24, 2.45) is 5.73 Å². The molecule has 1 heterocycles. The number of nitrogens with zero attached hydrogens (tertiary/aromatic N) is 4. The molecular weight excluding hydrogens is 254 g/mol. The number of benzene rings is 1. The van der Waals surface area contributed by atoms with Crippen LogP contribution in [0.1, 0.15) is 12.2 Å². The number of aromatic nitrogens is 3. The lowest BCUT2D eigenvalue weighted by atomic mass is 10.2. The molecule has 0 amide bonds. The highest BCUT2D eigenvalue weighted by molar-refractivity contribution is 5.74. The van der Waals surface area contributed by atoms with Crippen LogP contribution in [0.15, 0.2) is 42.9 Å². The Kier molecular flexibility index (Phi) is 4.39. The molecule has 2 N–H and O–H groups in total. The Morgan fingerprint density at radius 2 is 2.05 bits per heavy atom. The number of carbonyl (C=O) groups excluding carboxylic acids is 1. The molecule has 2 rings (SSSR count). The SMILES string of the molecule is CN(c1ccccc1)c1ncnc(C(=CN)CC=O)n1. The van der Waals surface area contributed by atoms with Crippen molar-refractivity contribution < 1.29 is 4.79 Å². The van der Waals surface area contributed by atoms with Gasteiger partial charge in [-0.3, -0.25) is 0 Å². The summed E-state index contributed by atoms with van der Waals surface area (Å²) < 4.78 is 0. The molecule has 0 aliphatic carbocycles. The lowest BCUT2D eigenvalue weighted by molar-refractivity contribution is -0.107. The van der Waals surface area contributed by atoms with Gasteiger partial charge in [0.05, 0.1) is 0 Å². The molecule has 0 fully saturated rings. The number of nitrogens with two attached hydrogens (primary N) is 1. The Morgan fingerprint density at radius 1 is 1.30 bits per heavy atom. The van der Waals surface area contributed by atoms with Gasteiger partial charge in [0.25, 0.3) is 0 Å². The maximum absolute atomic E-state index is 10.6. The van der Waals surface area contributed by atoms with Gasteiger partial charge in [0.2, 0.25) is 5.95 Å². The number of carbonyl (C=O) groups is 1. The van der Waals surface area contributed by atoms with Crippen LogP contribution in [-0.4, -0.2) is 28.3 Å². The van der Waals surface area contributed by atoms with E-state index in [1.807, 2.05) is 42.3 Å². The van der Waals surface area contributed by atoms with Gasteiger partial charge < -0.3 is 15.4 Å². The molecule has 0 bridgehead atoms. The predicted molar refractivity (Wildman–Crippen MR) is 77.2 cm³/mol. The van der Waals surface area contributed by atoms with Crippen molar-refractivity contribution in [1.82, 2.24) is 15.0 Å². The Labute approximate surface area is 117 Å². The first kappa shape index (κ1) is 13.7. The van der Waals surface area contributed by atoms with Crippen LogP contribution in [-0.2, 0) is 4.79 Å². The largest absolute Gasteiger partial charge is 0.404 e. The van der Waals surface area contributed by atoms with Gasteiger partial charge in [0.15, 0.2) is 5.82 Å². The summed E-state index contributed by atoms with van der Waals surface area (Å²) in [5, 5.41) is 0. The minimum absolute atomic E-state index is 0.176. The molecule has 1 aromatic carbocycles. The van der Waals surface area contributed by atoms with Crippen LogP contribution in [0.25, 0.3) is 5.57 Å². The molecule has 0 aliphatic rings. The zero-order valence-electron chi connectivity index (χ0n) is 11.1. The average Bonchev–Trinajstić information content (AvgIpc) is 2.53. The zero-order chi connectivity index (χ0) is 14.4. The molecule has 1 aromatic heterocycles. The van der Waals surface area contributed by atoms with Crippen molar-refractivity contribution in [3.8, 4) is 0 Å². The average molecular weight is 269 g/mol. The second-order valence-corrected chi connectivity index (χ2v) is 4.07. The van der Waals surface area contributed by atoms with Crippen molar-refractivity contribution in [2.75, 3.05) is 11.9 Å². The topological polar surface area (TPSA) is 85.0 Å². The van der Waals surface area contributed by atoms with Gasteiger partial charge in [-0.1, -0.05) is 18.2 Å². The number of hydrogen-bond donors (Lipinski definition) is 1. The van der Waals surface area contributed by atoms with Crippen LogP contribution in [0.4, 0.5) is 11.6 Å². The molecular formula is C14H15N5O. The molecule has 0 saturated heterocycles. The summed E-state index contributed by atoms with van der Waals surface area (Å²) >= 11 is 0. The summed E-state index contributed by atoms with van der Waals surface area (Å²) in [5.41, 5.74) is 7.02. The highest BCUT2D eigenvalue weighted by Crippen LogP contribution is 2.20. The molecule has 2 aromatic rings. The molecule has 102 valence electrons. The van der Waals surface area contributed by atoms with Crippen molar-refractivity contribution in [3.05, 3.63) is 48.7 Å². The van der Waals surface area contributed by atoms with E-state index < -0.39 is 0 Å². The number of anilines is 2. The van der Waals surface area contributed by atoms with Gasteiger partial charge in [-0.2, -0.15) is 4.98 Å². The lowest BCUT2D eigenvalue weighted by Gasteiger charge is -2.17. The smallest absolute Gasteiger partial charge is 0.233 e. The molecule has 0 unspecified atom stereocenters. The van der Waals surface area contributed by atoms with Gasteiger partial charge in [-0.15, -0.1) is 0 Å². The number of hydrogen-bond acceptors (Lipinski definition) is 6. The van der Waals surface area contributed by atoms with Crippen molar-refractivity contribution in [1.29, 1.82) is 0 Å². The Morgan fingerprint density at radius 3 is 2.70 bits per heavy atom. The van der Waals surface area contributed by atoms with E-state index in [0.29, 0.717) is 17.3 Å². The van der Waals surface area contributed by atoms with E-state index in [4.69, 9.17) is 5.73 Å². The Balaban J connectivity index is 2.32. The van der Waals surface area contributed by atoms with Crippen LogP contribution in [0.3, 0.4) is 0 Å². The quantitative estimate of drug-likeness (QED) is 0.828. The van der Waals surface area contributed by atoms with Gasteiger partial charge >= 0.3 is 0 Å². The third kappa shape index (κ3) is 2.97. The summed E-state index contributed by atoms with van der Waals surface area (Å²) in [6.45, 7) is 0. The molecule has 0 radical (unpaired) electrons. The lowest BCUT2D eigenvalue weighted by Crippen LogP contribution is -2.14. The Bertz CT molecular complexity index is 612. The van der Waals surface area contributed by atoms with Crippen LogP contribution >= 0.6 is 0 Å². The highest BCUT2D eigenvalue weighted by Gasteiger charge is 2.10. The summed E-state index contributed by atoms with van der Waals surface area (Å²) in [5.74, 6) is 0.902. The summed E-state index contributed by atoms with van der Waals surface area (Å²) in [4.78, 5) is 25.0. The number of rotatable bonds is 5. The van der Waals surface area contributed by atoms with Gasteiger partial charge in [0.1, 0.15) is 12.6 Å². The van der Waals surface area contributed by atoms with Gasteiger partial charge in [-0.05, 0) is 12.1 Å². The second kappa shape index (κ2) is 6.42. The number of aldehydes is 1. The standard InChI is InChI=1S/C14H15N5O/c1-19(12-5-3-2-4-6-12)14-17-10-16-13(18-14)11(9-15)7-8-20/h2-6,8-10H,7,15H2,1H3. The first-order valence-electron chi connectivity index (χ1n) is 6.09. The number of allylic oxidation sites excluding steroid dienone is 1. The molecule has 0 atom stereocenters. The minimum atomic E-state index is 0.176. The van der Waals surface area contributed by atoms with E-state index >= 15 is 0 Å². The van der Waals surface area contributed by atoms with E-state index in [0.717, 1.165) is 12.0 Å².